The summed E-state index contributed by atoms with van der Waals surface area (Å²) in [4.78, 5) is 26.9. The van der Waals surface area contributed by atoms with E-state index in [4.69, 9.17) is 9.47 Å². The van der Waals surface area contributed by atoms with Gasteiger partial charge in [-0.3, -0.25) is 0 Å². The first-order valence-electron chi connectivity index (χ1n) is 15.1. The summed E-state index contributed by atoms with van der Waals surface area (Å²) in [7, 11) is 0. The van der Waals surface area contributed by atoms with Crippen molar-refractivity contribution in [2.45, 2.75) is 22.5 Å². The number of carbonyl (C=O) groups is 2. The number of benzene rings is 4. The van der Waals surface area contributed by atoms with Crippen molar-refractivity contribution in [3.63, 3.8) is 0 Å². The van der Waals surface area contributed by atoms with Crippen molar-refractivity contribution in [1.82, 2.24) is 10.3 Å². The van der Waals surface area contributed by atoms with E-state index < -0.39 is 10.8 Å². The number of ether oxygens (including phenoxy) is 2. The summed E-state index contributed by atoms with van der Waals surface area (Å²) in [5, 5.41) is 4.03. The van der Waals surface area contributed by atoms with Gasteiger partial charge in [0.15, 0.2) is 0 Å². The van der Waals surface area contributed by atoms with Crippen molar-refractivity contribution in [2.24, 2.45) is 5.10 Å². The summed E-state index contributed by atoms with van der Waals surface area (Å²) < 4.78 is 9.92. The lowest BCUT2D eigenvalue weighted by Gasteiger charge is -2.37. The number of hydrazone groups is 1. The summed E-state index contributed by atoms with van der Waals surface area (Å²) in [5.74, 6) is 0. The largest absolute Gasteiger partial charge is 0.445 e. The second-order valence-electron chi connectivity index (χ2n) is 10.7. The molecule has 0 aliphatic carbocycles. The van der Waals surface area contributed by atoms with Crippen LogP contribution < -0.4 is 5.43 Å². The van der Waals surface area contributed by atoms with E-state index in [0.717, 1.165) is 17.5 Å². The van der Waals surface area contributed by atoms with E-state index in [9.17, 15) is 9.59 Å². The van der Waals surface area contributed by atoms with E-state index in [-0.39, 0.29) is 30.6 Å². The molecule has 1 saturated heterocycles. The van der Waals surface area contributed by atoms with Crippen LogP contribution in [0.5, 0.6) is 0 Å². The first-order valence-corrected chi connectivity index (χ1v) is 16.0. The monoisotopic (exact) mass is 631 g/mol. The predicted molar refractivity (Wildman–Crippen MR) is 185 cm³/mol. The summed E-state index contributed by atoms with van der Waals surface area (Å²) >= 11 is 1.88. The maximum Gasteiger partial charge on any atom is 0.428 e. The second-order valence-corrected chi connectivity index (χ2v) is 12.2. The number of likely N-dealkylation sites (tertiary alicyclic amines) is 1. The molecule has 1 N–H and O–H groups in total. The van der Waals surface area contributed by atoms with Crippen LogP contribution in [0.2, 0.25) is 0 Å². The summed E-state index contributed by atoms with van der Waals surface area (Å²) in [6.07, 6.45) is 4.30. The highest BCUT2D eigenvalue weighted by Crippen LogP contribution is 2.53. The third-order valence-corrected chi connectivity index (χ3v) is 9.46. The van der Waals surface area contributed by atoms with Crippen LogP contribution in [-0.4, -0.2) is 48.3 Å². The zero-order chi connectivity index (χ0) is 32.2. The highest BCUT2D eigenvalue weighted by Gasteiger charge is 2.45. The van der Waals surface area contributed by atoms with E-state index in [1.54, 1.807) is 6.08 Å². The predicted octanol–water partition coefficient (Wildman–Crippen LogP) is 8.10. The van der Waals surface area contributed by atoms with Gasteiger partial charge in [0.1, 0.15) is 13.2 Å². The van der Waals surface area contributed by atoms with Crippen LogP contribution in [0.1, 0.15) is 40.3 Å². The Balaban J connectivity index is 1.46. The van der Waals surface area contributed by atoms with Gasteiger partial charge in [-0.25, -0.2) is 15.0 Å². The molecule has 0 bridgehead atoms. The molecule has 0 unspecified atom stereocenters. The van der Waals surface area contributed by atoms with Crippen LogP contribution in [0, 0.1) is 0 Å². The fraction of sp³-hybridized carbons (Fsp3) is 0.184. The molecule has 0 aromatic heterocycles. The fourth-order valence-electron chi connectivity index (χ4n) is 5.72. The molecular weight excluding hydrogens is 595 g/mol. The highest BCUT2D eigenvalue weighted by molar-refractivity contribution is 8.01. The zero-order valence-corrected chi connectivity index (χ0v) is 26.4. The van der Waals surface area contributed by atoms with Crippen molar-refractivity contribution in [1.29, 1.82) is 0 Å². The number of amides is 2. The molecule has 0 radical (unpaired) electrons. The van der Waals surface area contributed by atoms with Crippen LogP contribution in [-0.2, 0) is 14.2 Å². The van der Waals surface area contributed by atoms with Crippen molar-refractivity contribution < 1.29 is 19.1 Å². The zero-order valence-electron chi connectivity index (χ0n) is 25.5. The normalized spacial score (nSPS) is 16.1. The molecule has 1 aliphatic heterocycles. The van der Waals surface area contributed by atoms with E-state index in [2.05, 4.69) is 96.5 Å². The number of nitrogens with zero attached hydrogens (tertiary/aromatic N) is 2. The minimum Gasteiger partial charge on any atom is -0.445 e. The molecule has 0 saturated carbocycles. The quantitative estimate of drug-likeness (QED) is 0.0740. The lowest BCUT2D eigenvalue weighted by Crippen LogP contribution is -2.33. The molecular formula is C38H37N3O4S. The minimum atomic E-state index is -0.659. The van der Waals surface area contributed by atoms with Gasteiger partial charge < -0.3 is 14.4 Å². The van der Waals surface area contributed by atoms with Gasteiger partial charge >= 0.3 is 12.2 Å². The van der Waals surface area contributed by atoms with Gasteiger partial charge in [0.2, 0.25) is 0 Å². The topological polar surface area (TPSA) is 80.2 Å². The Labute approximate surface area is 274 Å². The highest BCUT2D eigenvalue weighted by atomic mass is 32.2. The van der Waals surface area contributed by atoms with Crippen LogP contribution in [0.3, 0.4) is 0 Å². The molecule has 5 rings (SSSR count). The van der Waals surface area contributed by atoms with E-state index in [0.29, 0.717) is 6.54 Å². The minimum absolute atomic E-state index is 0.0777. The van der Waals surface area contributed by atoms with Crippen molar-refractivity contribution in [3.8, 4) is 0 Å². The number of hydrogen-bond donors (Lipinski definition) is 1. The number of rotatable bonds is 12. The summed E-state index contributed by atoms with van der Waals surface area (Å²) in [6, 6.07) is 39.3. The molecule has 1 fully saturated rings. The van der Waals surface area contributed by atoms with Crippen LogP contribution in [0.4, 0.5) is 9.59 Å². The molecule has 4 aromatic rings. The molecule has 1 heterocycles. The van der Waals surface area contributed by atoms with Gasteiger partial charge in [-0.05, 0) is 34.2 Å². The molecule has 8 heteroatoms. The molecule has 4 aromatic carbocycles. The Hall–Kier alpha value is -5.08. The lowest BCUT2D eigenvalue weighted by atomic mass is 9.84. The Morgan fingerprint density at radius 1 is 0.804 bits per heavy atom. The Morgan fingerprint density at radius 2 is 1.33 bits per heavy atom. The molecule has 1 aliphatic rings. The third-order valence-electron chi connectivity index (χ3n) is 7.73. The number of thioether (sulfide) groups is 1. The second kappa shape index (κ2) is 15.8. The Bertz CT molecular complexity index is 1530. The number of nitrogens with one attached hydrogen (secondary N) is 1. The van der Waals surface area contributed by atoms with Crippen molar-refractivity contribution >= 4 is 30.2 Å². The molecule has 2 atom stereocenters. The maximum absolute atomic E-state index is 13.4. The van der Waals surface area contributed by atoms with E-state index in [1.165, 1.54) is 29.0 Å². The Kier molecular flexibility index (Phi) is 11.1. The standard InChI is InChI=1S/C38H37N3O4S/c1-3-24-44-36(42)40-39-27-29-20-22-30(23-21-29)35-26-34(28-41(35)37(43)45-25-4-2)46-38(31-14-8-5-9-15-31,32-16-10-6-11-17-32)33-18-12-7-13-19-33/h3-23,27,34-35H,1-2,24-26,28H2,(H,40,42)/t34-,35+/m0/s1. The number of hydrogen-bond acceptors (Lipinski definition) is 6. The van der Waals surface area contributed by atoms with Crippen LogP contribution in [0.25, 0.3) is 0 Å². The Morgan fingerprint density at radius 3 is 1.85 bits per heavy atom. The van der Waals surface area contributed by atoms with Gasteiger partial charge in [0, 0.05) is 11.8 Å². The SMILES string of the molecule is C=CCOC(=O)NN=Cc1ccc([C@H]2C[C@H](SC(c3ccccc3)(c3ccccc3)c3ccccc3)CN2C(=O)OCC=C)cc1. The average molecular weight is 632 g/mol. The van der Waals surface area contributed by atoms with Crippen LogP contribution in [0.15, 0.2) is 146 Å². The number of carbonyl (C=O) groups excluding carboxylic acids is 2. The van der Waals surface area contributed by atoms with Crippen LogP contribution >= 0.6 is 11.8 Å². The average Bonchev–Trinajstić information content (AvgIpc) is 3.54. The molecule has 7 nitrogen and oxygen atoms in total. The lowest BCUT2D eigenvalue weighted by molar-refractivity contribution is 0.108. The fourth-order valence-corrected chi connectivity index (χ4v) is 7.55. The first-order chi connectivity index (χ1) is 22.5. The van der Waals surface area contributed by atoms with E-state index >= 15 is 0 Å². The van der Waals surface area contributed by atoms with Gasteiger partial charge in [-0.15, -0.1) is 11.8 Å². The molecule has 2 amide bonds. The summed E-state index contributed by atoms with van der Waals surface area (Å²) in [5.41, 5.74) is 7.62. The van der Waals surface area contributed by atoms with E-state index in [1.807, 2.05) is 59.1 Å². The van der Waals surface area contributed by atoms with Crippen molar-refractivity contribution in [2.75, 3.05) is 19.8 Å². The summed E-state index contributed by atoms with van der Waals surface area (Å²) in [6.45, 7) is 7.98. The molecule has 234 valence electrons. The van der Waals surface area contributed by atoms with Gasteiger partial charge in [-0.1, -0.05) is 141 Å². The molecule has 0 spiro atoms. The third kappa shape index (κ3) is 7.58. The van der Waals surface area contributed by atoms with Gasteiger partial charge in [0.25, 0.3) is 0 Å². The van der Waals surface area contributed by atoms with Crippen molar-refractivity contribution in [3.05, 3.63) is 168 Å². The maximum atomic E-state index is 13.4. The molecule has 46 heavy (non-hydrogen) atoms. The first kappa shape index (κ1) is 32.3. The smallest absolute Gasteiger partial charge is 0.428 e. The van der Waals surface area contributed by atoms with Gasteiger partial charge in [-0.2, -0.15) is 5.10 Å². The van der Waals surface area contributed by atoms with Gasteiger partial charge in [0.05, 0.1) is 17.0 Å².